The minimum atomic E-state index is -0.538. The van der Waals surface area contributed by atoms with E-state index in [4.69, 9.17) is 5.26 Å². The predicted octanol–water partition coefficient (Wildman–Crippen LogP) is 3.92. The summed E-state index contributed by atoms with van der Waals surface area (Å²) in [5.74, 6) is 0. The Morgan fingerprint density at radius 3 is 2.57 bits per heavy atom. The summed E-state index contributed by atoms with van der Waals surface area (Å²) >= 11 is 0. The van der Waals surface area contributed by atoms with Crippen molar-refractivity contribution in [2.75, 3.05) is 5.43 Å². The van der Waals surface area contributed by atoms with E-state index in [1.54, 1.807) is 0 Å². The molecule has 0 radical (unpaired) electrons. The molecular formula is C17H16N4O2. The van der Waals surface area contributed by atoms with Crippen molar-refractivity contribution < 1.29 is 4.92 Å². The van der Waals surface area contributed by atoms with Crippen LogP contribution in [-0.4, -0.2) is 10.6 Å². The molecule has 6 heteroatoms. The van der Waals surface area contributed by atoms with Crippen molar-refractivity contribution in [3.63, 3.8) is 0 Å². The Morgan fingerprint density at radius 2 is 1.96 bits per heavy atom. The van der Waals surface area contributed by atoms with E-state index in [0.717, 1.165) is 11.1 Å². The molecule has 0 aliphatic heterocycles. The summed E-state index contributed by atoms with van der Waals surface area (Å²) in [6.07, 6.45) is 0. The van der Waals surface area contributed by atoms with Gasteiger partial charge in [0.15, 0.2) is 0 Å². The average molecular weight is 308 g/mol. The van der Waals surface area contributed by atoms with Crippen LogP contribution in [0, 0.1) is 35.3 Å². The van der Waals surface area contributed by atoms with Crippen LogP contribution in [0.1, 0.15) is 29.2 Å². The monoisotopic (exact) mass is 308 g/mol. The molecule has 0 saturated heterocycles. The van der Waals surface area contributed by atoms with Crippen molar-refractivity contribution in [1.29, 1.82) is 5.26 Å². The predicted molar refractivity (Wildman–Crippen MR) is 89.6 cm³/mol. The average Bonchev–Trinajstić information content (AvgIpc) is 2.54. The van der Waals surface area contributed by atoms with E-state index in [-0.39, 0.29) is 16.9 Å². The first kappa shape index (κ1) is 16.2. The quantitative estimate of drug-likeness (QED) is 0.526. The van der Waals surface area contributed by atoms with Crippen LogP contribution in [0.2, 0.25) is 0 Å². The van der Waals surface area contributed by atoms with E-state index in [1.807, 2.05) is 45.0 Å². The van der Waals surface area contributed by atoms with Gasteiger partial charge in [-0.2, -0.15) is 10.4 Å². The molecule has 1 N–H and O–H groups in total. The zero-order valence-electron chi connectivity index (χ0n) is 13.1. The molecule has 6 nitrogen and oxygen atoms in total. The number of hydrazone groups is 1. The molecule has 0 saturated carbocycles. The molecule has 0 unspecified atom stereocenters. The molecule has 0 aliphatic carbocycles. The topological polar surface area (TPSA) is 91.3 Å². The lowest BCUT2D eigenvalue weighted by Crippen LogP contribution is -2.02. The lowest BCUT2D eigenvalue weighted by atomic mass is 10.0. The fourth-order valence-electron chi connectivity index (χ4n) is 2.02. The van der Waals surface area contributed by atoms with Gasteiger partial charge in [-0.3, -0.25) is 15.5 Å². The van der Waals surface area contributed by atoms with Crippen molar-refractivity contribution in [1.82, 2.24) is 0 Å². The Kier molecular flexibility index (Phi) is 4.72. The fourth-order valence-corrected chi connectivity index (χ4v) is 2.02. The minimum absolute atomic E-state index is 0.180. The van der Waals surface area contributed by atoms with Crippen LogP contribution >= 0.6 is 0 Å². The molecule has 0 bridgehead atoms. The van der Waals surface area contributed by atoms with E-state index < -0.39 is 4.92 Å². The van der Waals surface area contributed by atoms with Gasteiger partial charge in [-0.1, -0.05) is 12.1 Å². The smallest absolute Gasteiger partial charge is 0.271 e. The van der Waals surface area contributed by atoms with E-state index in [9.17, 15) is 10.1 Å². The number of rotatable bonds is 4. The number of nitriles is 1. The van der Waals surface area contributed by atoms with Crippen LogP contribution in [0.3, 0.4) is 0 Å². The molecule has 0 fully saturated rings. The Labute approximate surface area is 134 Å². The van der Waals surface area contributed by atoms with Crippen molar-refractivity contribution in [2.45, 2.75) is 20.8 Å². The first-order valence-corrected chi connectivity index (χ1v) is 6.99. The van der Waals surface area contributed by atoms with Gasteiger partial charge in [0.25, 0.3) is 5.69 Å². The Hall–Kier alpha value is -3.20. The van der Waals surface area contributed by atoms with Crippen LogP contribution in [0.15, 0.2) is 41.5 Å². The molecular weight excluding hydrogens is 292 g/mol. The first-order valence-electron chi connectivity index (χ1n) is 6.99. The summed E-state index contributed by atoms with van der Waals surface area (Å²) in [6.45, 7) is 5.88. The largest absolute Gasteiger partial charge is 0.295 e. The summed E-state index contributed by atoms with van der Waals surface area (Å²) < 4.78 is 0. The normalized spacial score (nSPS) is 11.0. The Morgan fingerprint density at radius 1 is 1.22 bits per heavy atom. The highest BCUT2D eigenvalue weighted by molar-refractivity contribution is 5.99. The van der Waals surface area contributed by atoms with Crippen molar-refractivity contribution >= 4 is 17.1 Å². The van der Waals surface area contributed by atoms with Gasteiger partial charge >= 0.3 is 0 Å². The fraction of sp³-hybridized carbons (Fsp3) is 0.176. The van der Waals surface area contributed by atoms with Crippen molar-refractivity contribution in [2.24, 2.45) is 5.10 Å². The molecule has 0 spiro atoms. The van der Waals surface area contributed by atoms with Crippen LogP contribution < -0.4 is 5.43 Å². The van der Waals surface area contributed by atoms with Crippen molar-refractivity contribution in [3.05, 3.63) is 68.8 Å². The highest BCUT2D eigenvalue weighted by atomic mass is 16.6. The van der Waals surface area contributed by atoms with Crippen LogP contribution in [0.25, 0.3) is 0 Å². The number of nitro benzene ring substituents is 1. The lowest BCUT2D eigenvalue weighted by molar-refractivity contribution is -0.384. The molecule has 23 heavy (non-hydrogen) atoms. The van der Waals surface area contributed by atoms with E-state index in [2.05, 4.69) is 10.5 Å². The molecule has 0 aliphatic rings. The minimum Gasteiger partial charge on any atom is -0.271 e. The van der Waals surface area contributed by atoms with Gasteiger partial charge in [0.2, 0.25) is 0 Å². The molecule has 0 heterocycles. The number of aryl methyl sites for hydroxylation is 2. The van der Waals surface area contributed by atoms with Gasteiger partial charge in [-0.15, -0.1) is 0 Å². The van der Waals surface area contributed by atoms with Gasteiger partial charge in [0.1, 0.15) is 5.69 Å². The molecule has 2 rings (SSSR count). The highest BCUT2D eigenvalue weighted by Gasteiger charge is 2.14. The molecule has 0 aromatic heterocycles. The third kappa shape index (κ3) is 3.71. The third-order valence-electron chi connectivity index (χ3n) is 3.59. The Bertz CT molecular complexity index is 835. The van der Waals surface area contributed by atoms with E-state index in [1.165, 1.54) is 23.8 Å². The lowest BCUT2D eigenvalue weighted by Gasteiger charge is -2.07. The van der Waals surface area contributed by atoms with Crippen LogP contribution in [0.5, 0.6) is 0 Å². The molecule has 2 aromatic rings. The molecule has 0 amide bonds. The maximum atomic E-state index is 11.1. The maximum Gasteiger partial charge on any atom is 0.295 e. The first-order chi connectivity index (χ1) is 10.9. The second kappa shape index (κ2) is 6.71. The summed E-state index contributed by atoms with van der Waals surface area (Å²) in [7, 11) is 0. The number of nitrogens with one attached hydrogen (secondary N) is 1. The molecule has 0 atom stereocenters. The van der Waals surface area contributed by atoms with Crippen molar-refractivity contribution in [3.8, 4) is 6.07 Å². The SMILES string of the molecule is C/C(=N/Nc1ccc(C#N)cc1[N+](=O)[O-])c1ccc(C)c(C)c1. The zero-order chi connectivity index (χ0) is 17.0. The summed E-state index contributed by atoms with van der Waals surface area (Å²) in [5.41, 5.74) is 7.02. The van der Waals surface area contributed by atoms with E-state index in [0.29, 0.717) is 5.71 Å². The maximum absolute atomic E-state index is 11.1. The number of anilines is 1. The second-order valence-electron chi connectivity index (χ2n) is 5.21. The molecule has 116 valence electrons. The highest BCUT2D eigenvalue weighted by Crippen LogP contribution is 2.25. The summed E-state index contributed by atoms with van der Waals surface area (Å²) in [5, 5.41) is 24.1. The number of nitrogens with zero attached hydrogens (tertiary/aromatic N) is 3. The summed E-state index contributed by atoms with van der Waals surface area (Å²) in [6, 6.07) is 12.1. The Balaban J connectivity index is 2.30. The number of benzene rings is 2. The number of hydrogen-bond acceptors (Lipinski definition) is 5. The van der Waals surface area contributed by atoms with Gasteiger partial charge in [0.05, 0.1) is 22.3 Å². The van der Waals surface area contributed by atoms with E-state index >= 15 is 0 Å². The standard InChI is InChI=1S/C17H16N4O2/c1-11-4-6-15(8-12(11)2)13(3)19-20-16-7-5-14(10-18)9-17(16)21(22)23/h4-9,20H,1-3H3/b19-13-. The second-order valence-corrected chi connectivity index (χ2v) is 5.21. The third-order valence-corrected chi connectivity index (χ3v) is 3.59. The number of nitro groups is 1. The van der Waals surface area contributed by atoms with Gasteiger partial charge in [-0.05, 0) is 55.7 Å². The van der Waals surface area contributed by atoms with Gasteiger partial charge in [-0.25, -0.2) is 0 Å². The van der Waals surface area contributed by atoms with Crippen LogP contribution in [0.4, 0.5) is 11.4 Å². The number of hydrogen-bond donors (Lipinski definition) is 1. The van der Waals surface area contributed by atoms with Crippen LogP contribution in [-0.2, 0) is 0 Å². The molecule has 2 aromatic carbocycles. The van der Waals surface area contributed by atoms with Gasteiger partial charge < -0.3 is 0 Å². The van der Waals surface area contributed by atoms with Gasteiger partial charge in [0, 0.05) is 6.07 Å². The summed E-state index contributed by atoms with van der Waals surface area (Å²) in [4.78, 5) is 10.6. The zero-order valence-corrected chi connectivity index (χ0v) is 13.1.